The van der Waals surface area contributed by atoms with Gasteiger partial charge in [-0.25, -0.2) is 0 Å². The number of aromatic nitrogens is 2. The summed E-state index contributed by atoms with van der Waals surface area (Å²) in [4.78, 5) is 0. The van der Waals surface area contributed by atoms with Gasteiger partial charge in [-0.05, 0) is 6.92 Å². The monoisotopic (exact) mass is 152 g/mol. The van der Waals surface area contributed by atoms with Gasteiger partial charge in [-0.3, -0.25) is 10.1 Å². The Hall–Kier alpha value is -1.32. The summed E-state index contributed by atoms with van der Waals surface area (Å²) in [5, 5.41) is 11.2. The summed E-state index contributed by atoms with van der Waals surface area (Å²) >= 11 is 0. The first-order chi connectivity index (χ1) is 5.09. The van der Waals surface area contributed by atoms with Crippen LogP contribution in [0.4, 0.5) is 0 Å². The van der Waals surface area contributed by atoms with Gasteiger partial charge in [0.05, 0.1) is 11.5 Å². The maximum Gasteiger partial charge on any atom is 0.0951 e. The van der Waals surface area contributed by atoms with E-state index in [9.17, 15) is 0 Å². The zero-order valence-electron chi connectivity index (χ0n) is 6.76. The molecule has 4 heteroatoms. The Morgan fingerprint density at radius 2 is 2.45 bits per heavy atom. The first kappa shape index (κ1) is 7.78. The number of amidine groups is 1. The van der Waals surface area contributed by atoms with E-state index in [2.05, 4.69) is 5.10 Å². The molecule has 0 amide bonds. The molecule has 0 saturated heterocycles. The average molecular weight is 152 g/mol. The second-order valence-corrected chi connectivity index (χ2v) is 2.62. The van der Waals surface area contributed by atoms with Crippen LogP contribution in [0, 0.1) is 12.3 Å². The van der Waals surface area contributed by atoms with E-state index in [-0.39, 0.29) is 5.84 Å². The number of nitrogens with one attached hydrogen (secondary N) is 1. The molecule has 0 saturated carbocycles. The molecule has 0 spiro atoms. The van der Waals surface area contributed by atoms with Crippen LogP contribution in [0.3, 0.4) is 0 Å². The van der Waals surface area contributed by atoms with Gasteiger partial charge in [-0.1, -0.05) is 0 Å². The van der Waals surface area contributed by atoms with E-state index in [1.807, 2.05) is 20.2 Å². The molecule has 0 aliphatic heterocycles. The summed E-state index contributed by atoms with van der Waals surface area (Å²) in [5.74, 6) is 0.182. The summed E-state index contributed by atoms with van der Waals surface area (Å²) < 4.78 is 1.73. The molecule has 0 radical (unpaired) electrons. The molecule has 3 N–H and O–H groups in total. The van der Waals surface area contributed by atoms with Crippen molar-refractivity contribution in [2.24, 2.45) is 12.8 Å². The Kier molecular flexibility index (Phi) is 1.94. The smallest absolute Gasteiger partial charge is 0.0951 e. The van der Waals surface area contributed by atoms with Crippen LogP contribution in [0.1, 0.15) is 11.3 Å². The number of aryl methyl sites for hydroxylation is 2. The molecule has 1 aromatic heterocycles. The zero-order chi connectivity index (χ0) is 8.43. The van der Waals surface area contributed by atoms with Gasteiger partial charge < -0.3 is 5.73 Å². The Labute approximate surface area is 65.5 Å². The number of rotatable bonds is 2. The van der Waals surface area contributed by atoms with Gasteiger partial charge in [0.25, 0.3) is 0 Å². The Bertz CT molecular complexity index is 274. The van der Waals surface area contributed by atoms with Crippen LogP contribution < -0.4 is 5.73 Å². The molecule has 60 valence electrons. The third-order valence-corrected chi connectivity index (χ3v) is 1.50. The minimum absolute atomic E-state index is 0.182. The molecule has 0 aromatic carbocycles. The lowest BCUT2D eigenvalue weighted by atomic mass is 10.2. The summed E-state index contributed by atoms with van der Waals surface area (Å²) in [5.41, 5.74) is 7.22. The lowest BCUT2D eigenvalue weighted by Crippen LogP contribution is -2.12. The van der Waals surface area contributed by atoms with Crippen molar-refractivity contribution in [1.29, 1.82) is 5.41 Å². The van der Waals surface area contributed by atoms with Gasteiger partial charge in [0.15, 0.2) is 0 Å². The molecular weight excluding hydrogens is 140 g/mol. The van der Waals surface area contributed by atoms with Gasteiger partial charge in [0.1, 0.15) is 0 Å². The Morgan fingerprint density at radius 3 is 2.82 bits per heavy atom. The number of nitrogens with two attached hydrogens (primary N) is 1. The maximum atomic E-state index is 7.08. The third-order valence-electron chi connectivity index (χ3n) is 1.50. The van der Waals surface area contributed by atoms with Crippen molar-refractivity contribution in [3.8, 4) is 0 Å². The Morgan fingerprint density at radius 1 is 1.82 bits per heavy atom. The van der Waals surface area contributed by atoms with Crippen LogP contribution in [0.2, 0.25) is 0 Å². The van der Waals surface area contributed by atoms with Crippen LogP contribution in [0.25, 0.3) is 0 Å². The fraction of sp³-hybridized carbons (Fsp3) is 0.429. The van der Waals surface area contributed by atoms with Gasteiger partial charge in [0.2, 0.25) is 0 Å². The minimum atomic E-state index is 0.182. The molecule has 0 aliphatic carbocycles. The summed E-state index contributed by atoms with van der Waals surface area (Å²) in [6, 6.07) is 0. The molecule has 4 nitrogen and oxygen atoms in total. The van der Waals surface area contributed by atoms with Gasteiger partial charge in [-0.15, -0.1) is 0 Å². The van der Waals surface area contributed by atoms with Gasteiger partial charge >= 0.3 is 0 Å². The summed E-state index contributed by atoms with van der Waals surface area (Å²) in [6.07, 6.45) is 2.39. The van der Waals surface area contributed by atoms with Crippen molar-refractivity contribution in [2.45, 2.75) is 13.3 Å². The van der Waals surface area contributed by atoms with E-state index in [0.717, 1.165) is 11.3 Å². The average Bonchev–Trinajstić information content (AvgIpc) is 2.09. The molecule has 11 heavy (non-hydrogen) atoms. The molecule has 1 aromatic rings. The van der Waals surface area contributed by atoms with Crippen LogP contribution in [-0.2, 0) is 13.5 Å². The van der Waals surface area contributed by atoms with Crippen molar-refractivity contribution in [3.63, 3.8) is 0 Å². The molecule has 0 unspecified atom stereocenters. The van der Waals surface area contributed by atoms with Crippen molar-refractivity contribution in [1.82, 2.24) is 9.78 Å². The topological polar surface area (TPSA) is 67.7 Å². The highest BCUT2D eigenvalue weighted by molar-refractivity contribution is 5.79. The first-order valence-corrected chi connectivity index (χ1v) is 3.41. The van der Waals surface area contributed by atoms with Crippen LogP contribution in [-0.4, -0.2) is 15.6 Å². The van der Waals surface area contributed by atoms with E-state index >= 15 is 0 Å². The summed E-state index contributed by atoms with van der Waals surface area (Å²) in [7, 11) is 1.86. The zero-order valence-corrected chi connectivity index (χ0v) is 6.76. The summed E-state index contributed by atoms with van der Waals surface area (Å²) in [6.45, 7) is 1.91. The first-order valence-electron chi connectivity index (χ1n) is 3.41. The van der Waals surface area contributed by atoms with E-state index in [1.165, 1.54) is 0 Å². The minimum Gasteiger partial charge on any atom is -0.387 e. The second kappa shape index (κ2) is 2.74. The lowest BCUT2D eigenvalue weighted by molar-refractivity contribution is 0.756. The molecule has 0 atom stereocenters. The lowest BCUT2D eigenvalue weighted by Gasteiger charge is -1.93. The van der Waals surface area contributed by atoms with Gasteiger partial charge in [0, 0.05) is 25.2 Å². The molecule has 0 fully saturated rings. The molecule has 0 aliphatic rings. The molecular formula is C7H12N4. The number of hydrogen-bond acceptors (Lipinski definition) is 2. The van der Waals surface area contributed by atoms with Crippen LogP contribution in [0.5, 0.6) is 0 Å². The van der Waals surface area contributed by atoms with E-state index < -0.39 is 0 Å². The van der Waals surface area contributed by atoms with E-state index in [1.54, 1.807) is 4.68 Å². The fourth-order valence-corrected chi connectivity index (χ4v) is 1.03. The highest BCUT2D eigenvalue weighted by Gasteiger charge is 2.02. The molecule has 1 heterocycles. The van der Waals surface area contributed by atoms with Crippen LogP contribution >= 0.6 is 0 Å². The SMILES string of the molecule is Cc1nn(C)cc1CC(=N)N. The quantitative estimate of drug-likeness (QED) is 0.469. The maximum absolute atomic E-state index is 7.08. The number of nitrogens with zero attached hydrogens (tertiary/aromatic N) is 2. The number of hydrogen-bond donors (Lipinski definition) is 2. The Balaban J connectivity index is 2.85. The van der Waals surface area contributed by atoms with E-state index in [0.29, 0.717) is 6.42 Å². The largest absolute Gasteiger partial charge is 0.387 e. The highest BCUT2D eigenvalue weighted by atomic mass is 15.2. The van der Waals surface area contributed by atoms with Crippen molar-refractivity contribution in [2.75, 3.05) is 0 Å². The third kappa shape index (κ3) is 1.80. The predicted molar refractivity (Wildman–Crippen MR) is 43.6 cm³/mol. The second-order valence-electron chi connectivity index (χ2n) is 2.62. The standard InChI is InChI=1S/C7H12N4/c1-5-6(3-7(8)9)4-11(2)10-5/h4H,3H2,1-2H3,(H3,8,9). The molecule has 0 bridgehead atoms. The highest BCUT2D eigenvalue weighted by Crippen LogP contribution is 2.04. The predicted octanol–water partition coefficient (Wildman–Crippen LogP) is 0.207. The van der Waals surface area contributed by atoms with E-state index in [4.69, 9.17) is 11.1 Å². The normalized spacial score (nSPS) is 10.0. The van der Waals surface area contributed by atoms with Gasteiger partial charge in [-0.2, -0.15) is 5.10 Å². The fourth-order valence-electron chi connectivity index (χ4n) is 1.03. The molecule has 1 rings (SSSR count). The van der Waals surface area contributed by atoms with Crippen molar-refractivity contribution >= 4 is 5.84 Å². The van der Waals surface area contributed by atoms with Crippen molar-refractivity contribution < 1.29 is 0 Å². The van der Waals surface area contributed by atoms with Crippen molar-refractivity contribution in [3.05, 3.63) is 17.5 Å². The van der Waals surface area contributed by atoms with Crippen LogP contribution in [0.15, 0.2) is 6.20 Å².